The zero-order valence-corrected chi connectivity index (χ0v) is 12.7. The Balaban J connectivity index is 2.03. The monoisotopic (exact) mass is 333 g/mol. The molecule has 1 atom stereocenters. The van der Waals surface area contributed by atoms with Crippen molar-refractivity contribution in [2.45, 2.75) is 12.6 Å². The molecule has 0 spiro atoms. The van der Waals surface area contributed by atoms with Crippen LogP contribution < -0.4 is 0 Å². The predicted molar refractivity (Wildman–Crippen MR) is 82.0 cm³/mol. The lowest BCUT2D eigenvalue weighted by Gasteiger charge is -2.21. The van der Waals surface area contributed by atoms with Crippen LogP contribution in [0, 0.1) is 0 Å². The Hall–Kier alpha value is -1.65. The molecule has 2 rings (SSSR count). The molecular formula is C16H16BrNO2. The number of halogens is 1. The number of aliphatic hydroxyl groups excluding tert-OH is 1. The van der Waals surface area contributed by atoms with Crippen molar-refractivity contribution in [1.82, 2.24) is 4.90 Å². The van der Waals surface area contributed by atoms with Crippen molar-refractivity contribution in [1.29, 1.82) is 0 Å². The maximum absolute atomic E-state index is 12.2. The minimum Gasteiger partial charge on any atom is -0.378 e. The van der Waals surface area contributed by atoms with Crippen LogP contribution in [0.5, 0.6) is 0 Å². The van der Waals surface area contributed by atoms with Crippen LogP contribution in [0.3, 0.4) is 0 Å². The number of nitrogens with zero attached hydrogens (tertiary/aromatic N) is 1. The smallest absolute Gasteiger partial charge is 0.256 e. The summed E-state index contributed by atoms with van der Waals surface area (Å²) in [6, 6.07) is 16.7. The van der Waals surface area contributed by atoms with E-state index in [0.717, 1.165) is 10.0 Å². The van der Waals surface area contributed by atoms with Gasteiger partial charge in [0.2, 0.25) is 0 Å². The van der Waals surface area contributed by atoms with Crippen molar-refractivity contribution in [3.63, 3.8) is 0 Å². The summed E-state index contributed by atoms with van der Waals surface area (Å²) < 4.78 is 1.000. The highest BCUT2D eigenvalue weighted by atomic mass is 79.9. The third-order valence-corrected chi connectivity index (χ3v) is 3.59. The zero-order chi connectivity index (χ0) is 14.5. The summed E-state index contributed by atoms with van der Waals surface area (Å²) in [5.74, 6) is -0.306. The average molecular weight is 334 g/mol. The van der Waals surface area contributed by atoms with Crippen molar-refractivity contribution in [3.8, 4) is 0 Å². The second kappa shape index (κ2) is 6.68. The number of hydrogen-bond donors (Lipinski definition) is 1. The van der Waals surface area contributed by atoms with Crippen molar-refractivity contribution < 1.29 is 9.90 Å². The van der Waals surface area contributed by atoms with E-state index in [0.29, 0.717) is 12.1 Å². The molecule has 4 heteroatoms. The first-order valence-electron chi connectivity index (χ1n) is 6.30. The minimum atomic E-state index is -1.11. The van der Waals surface area contributed by atoms with Crippen LogP contribution in [0.4, 0.5) is 0 Å². The molecule has 0 fully saturated rings. The number of carbonyl (C=O) groups excluding carboxylic acids is 1. The average Bonchev–Trinajstić information content (AvgIpc) is 2.49. The van der Waals surface area contributed by atoms with Gasteiger partial charge in [0, 0.05) is 18.1 Å². The lowest BCUT2D eigenvalue weighted by Crippen LogP contribution is -2.31. The maximum atomic E-state index is 12.2. The van der Waals surface area contributed by atoms with Gasteiger partial charge in [-0.3, -0.25) is 4.79 Å². The fourth-order valence-corrected chi connectivity index (χ4v) is 2.19. The van der Waals surface area contributed by atoms with Crippen LogP contribution in [-0.4, -0.2) is 23.0 Å². The lowest BCUT2D eigenvalue weighted by atomic mass is 10.1. The summed E-state index contributed by atoms with van der Waals surface area (Å²) in [5.41, 5.74) is 1.63. The molecule has 104 valence electrons. The molecule has 0 aliphatic rings. The second-order valence-electron chi connectivity index (χ2n) is 4.63. The van der Waals surface area contributed by atoms with Gasteiger partial charge in [0.25, 0.3) is 5.91 Å². The molecule has 3 nitrogen and oxygen atoms in total. The van der Waals surface area contributed by atoms with Gasteiger partial charge in [0.05, 0.1) is 0 Å². The number of benzene rings is 2. The molecule has 0 aliphatic carbocycles. The molecule has 0 saturated heterocycles. The van der Waals surface area contributed by atoms with Gasteiger partial charge < -0.3 is 10.0 Å². The molecule has 20 heavy (non-hydrogen) atoms. The first-order valence-corrected chi connectivity index (χ1v) is 7.09. The highest BCUT2D eigenvalue weighted by molar-refractivity contribution is 9.10. The van der Waals surface area contributed by atoms with Gasteiger partial charge in [0.15, 0.2) is 6.10 Å². The molecule has 0 saturated carbocycles. The van der Waals surface area contributed by atoms with E-state index in [9.17, 15) is 9.90 Å². The van der Waals surface area contributed by atoms with E-state index in [1.165, 1.54) is 4.90 Å². The Morgan fingerprint density at radius 2 is 1.75 bits per heavy atom. The fraction of sp³-hybridized carbons (Fsp3) is 0.188. The van der Waals surface area contributed by atoms with E-state index in [2.05, 4.69) is 15.9 Å². The molecule has 1 unspecified atom stereocenters. The second-order valence-corrected chi connectivity index (χ2v) is 5.55. The van der Waals surface area contributed by atoms with Gasteiger partial charge in [-0.25, -0.2) is 0 Å². The summed E-state index contributed by atoms with van der Waals surface area (Å²) >= 11 is 3.37. The van der Waals surface area contributed by atoms with Crippen LogP contribution in [0.1, 0.15) is 17.2 Å². The minimum absolute atomic E-state index is 0.306. The molecule has 0 bridgehead atoms. The van der Waals surface area contributed by atoms with Crippen LogP contribution in [0.25, 0.3) is 0 Å². The number of likely N-dealkylation sites (N-methyl/N-ethyl adjacent to an activating group) is 1. The topological polar surface area (TPSA) is 40.5 Å². The molecule has 0 radical (unpaired) electrons. The van der Waals surface area contributed by atoms with E-state index >= 15 is 0 Å². The molecule has 0 heterocycles. The fourth-order valence-electron chi connectivity index (χ4n) is 1.93. The Kier molecular flexibility index (Phi) is 4.93. The molecule has 2 aromatic rings. The number of carbonyl (C=O) groups is 1. The van der Waals surface area contributed by atoms with Gasteiger partial charge >= 0.3 is 0 Å². The number of hydrogen-bond acceptors (Lipinski definition) is 2. The molecular weight excluding hydrogens is 318 g/mol. The van der Waals surface area contributed by atoms with Gasteiger partial charge in [0.1, 0.15) is 0 Å². The highest BCUT2D eigenvalue weighted by Crippen LogP contribution is 2.17. The molecule has 2 aromatic carbocycles. The maximum Gasteiger partial charge on any atom is 0.256 e. The third kappa shape index (κ3) is 3.68. The zero-order valence-electron chi connectivity index (χ0n) is 11.2. The summed E-state index contributed by atoms with van der Waals surface area (Å²) in [6.45, 7) is 0.468. The van der Waals surface area contributed by atoms with E-state index in [1.807, 2.05) is 30.3 Å². The van der Waals surface area contributed by atoms with Crippen LogP contribution in [0.2, 0.25) is 0 Å². The lowest BCUT2D eigenvalue weighted by molar-refractivity contribution is -0.139. The normalized spacial score (nSPS) is 11.9. The van der Waals surface area contributed by atoms with Crippen LogP contribution >= 0.6 is 15.9 Å². The van der Waals surface area contributed by atoms with Crippen molar-refractivity contribution in [2.75, 3.05) is 7.05 Å². The Morgan fingerprint density at radius 3 is 2.35 bits per heavy atom. The molecule has 0 aromatic heterocycles. The summed E-state index contributed by atoms with van der Waals surface area (Å²) in [7, 11) is 1.69. The van der Waals surface area contributed by atoms with Crippen LogP contribution in [-0.2, 0) is 11.3 Å². The SMILES string of the molecule is CN(Cc1ccc(Br)cc1)C(=O)C(O)c1ccccc1. The van der Waals surface area contributed by atoms with E-state index in [4.69, 9.17) is 0 Å². The van der Waals surface area contributed by atoms with E-state index in [1.54, 1.807) is 31.3 Å². The Bertz CT molecular complexity index is 569. The van der Waals surface area contributed by atoms with Gasteiger partial charge in [-0.05, 0) is 23.3 Å². The molecule has 1 N–H and O–H groups in total. The summed E-state index contributed by atoms with van der Waals surface area (Å²) in [6.07, 6.45) is -1.11. The molecule has 1 amide bonds. The van der Waals surface area contributed by atoms with Crippen molar-refractivity contribution in [2.24, 2.45) is 0 Å². The summed E-state index contributed by atoms with van der Waals surface area (Å²) in [4.78, 5) is 13.7. The Labute approximate surface area is 127 Å². The Morgan fingerprint density at radius 1 is 1.15 bits per heavy atom. The number of aliphatic hydroxyl groups is 1. The number of rotatable bonds is 4. The summed E-state index contributed by atoms with van der Waals surface area (Å²) in [5, 5.41) is 10.1. The highest BCUT2D eigenvalue weighted by Gasteiger charge is 2.20. The van der Waals surface area contributed by atoms with E-state index < -0.39 is 6.10 Å². The number of amides is 1. The first kappa shape index (κ1) is 14.8. The van der Waals surface area contributed by atoms with Gasteiger partial charge in [-0.15, -0.1) is 0 Å². The largest absolute Gasteiger partial charge is 0.378 e. The third-order valence-electron chi connectivity index (χ3n) is 3.06. The first-order chi connectivity index (χ1) is 9.58. The quantitative estimate of drug-likeness (QED) is 0.933. The van der Waals surface area contributed by atoms with Crippen LogP contribution in [0.15, 0.2) is 59.1 Å². The van der Waals surface area contributed by atoms with Crippen molar-refractivity contribution in [3.05, 3.63) is 70.2 Å². The standard InChI is InChI=1S/C16H16BrNO2/c1-18(11-12-7-9-14(17)10-8-12)16(20)15(19)13-5-3-2-4-6-13/h2-10,15,19H,11H2,1H3. The predicted octanol–water partition coefficient (Wildman–Crippen LogP) is 3.14. The van der Waals surface area contributed by atoms with E-state index in [-0.39, 0.29) is 5.91 Å². The van der Waals surface area contributed by atoms with Gasteiger partial charge in [-0.2, -0.15) is 0 Å². The van der Waals surface area contributed by atoms with Crippen molar-refractivity contribution >= 4 is 21.8 Å². The molecule has 0 aliphatic heterocycles. The van der Waals surface area contributed by atoms with Gasteiger partial charge in [-0.1, -0.05) is 58.4 Å².